The van der Waals surface area contributed by atoms with Gasteiger partial charge in [-0.05, 0) is 25.2 Å². The lowest BCUT2D eigenvalue weighted by Crippen LogP contribution is -2.53. The van der Waals surface area contributed by atoms with Crippen molar-refractivity contribution < 1.29 is 26.7 Å². The number of likely N-dealkylation sites (N-methyl/N-ethyl adjacent to an activating group) is 1. The fraction of sp³-hybridized carbons (Fsp3) is 0.529. The molecule has 2 aromatic heterocycles. The van der Waals surface area contributed by atoms with Gasteiger partial charge in [-0.25, -0.2) is 16.5 Å². The van der Waals surface area contributed by atoms with E-state index in [1.165, 1.54) is 6.92 Å². The maximum atomic E-state index is 12.9. The molecular weight excluding hydrogens is 304 g/mol. The number of aromatic amines is 1. The molecule has 1 aliphatic heterocycles. The average molecular weight is 343 g/mol. The Bertz CT molecular complexity index is 1410. The minimum Gasteiger partial charge on any atom is -0.354 e. The van der Waals surface area contributed by atoms with Crippen LogP contribution in [0.2, 0.25) is 0 Å². The molecule has 1 fully saturated rings. The van der Waals surface area contributed by atoms with Crippen LogP contribution in [0.15, 0.2) is 12.3 Å². The molecule has 3 rings (SSSR count). The fourth-order valence-corrected chi connectivity index (χ4v) is 2.00. The number of carbonyl (C=O) groups excluding carboxylic acids is 1. The van der Waals surface area contributed by atoms with Gasteiger partial charge in [0.05, 0.1) is 16.9 Å². The van der Waals surface area contributed by atoms with Crippen LogP contribution in [0.5, 0.6) is 0 Å². The molecule has 2 atom stereocenters. The number of rotatable bonds is 3. The normalized spacial score (nSPS) is 44.1. The van der Waals surface area contributed by atoms with E-state index in [2.05, 4.69) is 19.8 Å². The van der Waals surface area contributed by atoms with E-state index < -0.39 is 90.9 Å². The molecule has 3 heterocycles. The van der Waals surface area contributed by atoms with Crippen LogP contribution in [0, 0.1) is 19.4 Å². The summed E-state index contributed by atoms with van der Waals surface area (Å²) < 4.78 is 134. The number of hydrogen-bond acceptors (Lipinski definition) is 4. The molecule has 0 saturated carbocycles. The van der Waals surface area contributed by atoms with E-state index in [1.807, 2.05) is 0 Å². The second-order valence-electron chi connectivity index (χ2n) is 4.70. The Kier molecular flexibility index (Phi) is 1.55. The SMILES string of the molecule is [2H]c1nc(N(C([2H])([2H])[2H])[C@@]2([2H])C([2H])([2H])N(C(=O)C[N+]#[C-])C([2H])([2H])C([2H])([2H])[C@@]2([2H])C([2H])([2H])[2H])c2c([2H])c(C)[nH]c2n1. The van der Waals surface area contributed by atoms with Crippen molar-refractivity contribution in [2.45, 2.75) is 26.2 Å². The van der Waals surface area contributed by atoms with Crippen LogP contribution in [-0.2, 0) is 4.79 Å². The second-order valence-corrected chi connectivity index (χ2v) is 4.70. The van der Waals surface area contributed by atoms with E-state index in [0.717, 1.165) is 0 Å². The van der Waals surface area contributed by atoms with Gasteiger partial charge in [0.15, 0.2) is 0 Å². The summed E-state index contributed by atoms with van der Waals surface area (Å²) in [5, 5.41) is -0.562. The van der Waals surface area contributed by atoms with Crippen molar-refractivity contribution in [1.29, 1.82) is 0 Å². The molecule has 1 amide bonds. The van der Waals surface area contributed by atoms with Crippen LogP contribution in [0.3, 0.4) is 0 Å². The molecule has 7 nitrogen and oxygen atoms in total. The third kappa shape index (κ3) is 2.92. The van der Waals surface area contributed by atoms with E-state index in [9.17, 15) is 6.17 Å². The number of carbonyl (C=O) groups is 1. The molecule has 2 aromatic rings. The third-order valence-corrected chi connectivity index (χ3v) is 3.04. The maximum absolute atomic E-state index is 12.9. The number of aromatic nitrogens is 3. The van der Waals surface area contributed by atoms with Crippen LogP contribution in [-0.4, -0.2) is 58.3 Å². The van der Waals surface area contributed by atoms with Gasteiger partial charge in [0.25, 0.3) is 6.54 Å². The van der Waals surface area contributed by atoms with E-state index in [-0.39, 0.29) is 11.3 Å². The van der Waals surface area contributed by atoms with Crippen molar-refractivity contribution >= 4 is 22.8 Å². The minimum atomic E-state index is -4.36. The summed E-state index contributed by atoms with van der Waals surface area (Å²) in [7, 11) is 0. The van der Waals surface area contributed by atoms with E-state index >= 15 is 0 Å². The molecule has 0 aliphatic carbocycles. The third-order valence-electron chi connectivity index (χ3n) is 3.04. The van der Waals surface area contributed by atoms with E-state index in [4.69, 9.17) is 27.1 Å². The summed E-state index contributed by atoms with van der Waals surface area (Å²) in [5.41, 5.74) is -0.337. The number of anilines is 1. The lowest BCUT2D eigenvalue weighted by atomic mass is 9.92. The molecule has 0 spiro atoms. The Balaban J connectivity index is 2.68. The number of fused-ring (bicyclic) bond motifs is 1. The van der Waals surface area contributed by atoms with Crippen molar-refractivity contribution in [2.75, 3.05) is 31.4 Å². The van der Waals surface area contributed by atoms with Gasteiger partial charge in [-0.2, -0.15) is 0 Å². The predicted molar refractivity (Wildman–Crippen MR) is 92.6 cm³/mol. The largest absolute Gasteiger partial charge is 0.354 e. The molecule has 0 radical (unpaired) electrons. The van der Waals surface area contributed by atoms with Crippen LogP contribution < -0.4 is 4.90 Å². The fourth-order valence-electron chi connectivity index (χ4n) is 2.00. The highest BCUT2D eigenvalue weighted by Gasteiger charge is 2.33. The summed E-state index contributed by atoms with van der Waals surface area (Å²) in [6, 6.07) is -4.85. The molecule has 126 valence electrons. The first-order chi connectivity index (χ1) is 17.8. The highest BCUT2D eigenvalue weighted by molar-refractivity contribution is 5.88. The number of hydrogen-bond donors (Lipinski definition) is 1. The van der Waals surface area contributed by atoms with Gasteiger partial charge in [0, 0.05) is 40.7 Å². The maximum Gasteiger partial charge on any atom is 0.302 e. The molecule has 1 aliphatic rings. The monoisotopic (exact) mass is 342 g/mol. The van der Waals surface area contributed by atoms with Crippen LogP contribution in [0.4, 0.5) is 5.82 Å². The van der Waals surface area contributed by atoms with E-state index in [0.29, 0.717) is 0 Å². The lowest BCUT2D eigenvalue weighted by molar-refractivity contribution is -0.130. The molecule has 0 aromatic carbocycles. The zero-order valence-corrected chi connectivity index (χ0v) is 12.4. The Morgan fingerprint density at radius 3 is 3.38 bits per heavy atom. The van der Waals surface area contributed by atoms with Gasteiger partial charge in [-0.15, -0.1) is 0 Å². The smallest absolute Gasteiger partial charge is 0.302 e. The van der Waals surface area contributed by atoms with Gasteiger partial charge in [0.2, 0.25) is 0 Å². The second kappa shape index (κ2) is 6.48. The summed E-state index contributed by atoms with van der Waals surface area (Å²) in [4.78, 5) is 24.6. The highest BCUT2D eigenvalue weighted by Crippen LogP contribution is 2.29. The van der Waals surface area contributed by atoms with Gasteiger partial charge >= 0.3 is 5.91 Å². The first-order valence-corrected chi connectivity index (χ1v) is 6.58. The number of aryl methyl sites for hydroxylation is 1. The Morgan fingerprint density at radius 2 is 2.62 bits per heavy atom. The molecule has 7 heteroatoms. The van der Waals surface area contributed by atoms with Gasteiger partial charge in [-0.3, -0.25) is 4.79 Å². The predicted octanol–water partition coefficient (Wildman–Crippen LogP) is 1.86. The van der Waals surface area contributed by atoms with Gasteiger partial charge in [-0.1, -0.05) is 6.85 Å². The van der Waals surface area contributed by atoms with Crippen LogP contribution >= 0.6 is 0 Å². The Hall–Kier alpha value is -2.62. The number of likely N-dealkylation sites (tertiary alicyclic amines) is 1. The summed E-state index contributed by atoms with van der Waals surface area (Å²) in [5.74, 6) is -7.27. The number of amides is 1. The first-order valence-electron chi connectivity index (χ1n) is 14.6. The molecule has 1 N–H and O–H groups in total. The number of nitrogens with one attached hydrogen (secondary N) is 1. The lowest BCUT2D eigenvalue weighted by Gasteiger charge is -2.41. The minimum absolute atomic E-state index is 0.0285. The summed E-state index contributed by atoms with van der Waals surface area (Å²) in [6.45, 7) is -9.30. The quantitative estimate of drug-likeness (QED) is 0.865. The first kappa shape index (κ1) is 5.73. The average Bonchev–Trinajstić information content (AvgIpc) is 3.03. The summed E-state index contributed by atoms with van der Waals surface area (Å²) >= 11 is 0. The standard InChI is InChI=1S/C17H22N6O/c1-11-5-6-23(15(24)8-18-3)9-14(11)22(4)17-13-7-12(2)21-16(13)19-10-20-17/h7,10-11,14H,5-6,8-9H2,1-2,4H3,(H,19,20,21)/t11-,14+/m1/s1/i1D3,4D3,5D2,6D2,7D,9D2,10D,11D,14D. The van der Waals surface area contributed by atoms with Crippen LogP contribution in [0.25, 0.3) is 15.9 Å². The van der Waals surface area contributed by atoms with E-state index in [1.54, 1.807) is 0 Å². The molecule has 0 unspecified atom stereocenters. The van der Waals surface area contributed by atoms with Crippen molar-refractivity contribution in [1.82, 2.24) is 19.9 Å². The zero-order chi connectivity index (χ0) is 31.2. The number of nitrogens with zero attached hydrogens (tertiary/aromatic N) is 5. The summed E-state index contributed by atoms with van der Waals surface area (Å²) in [6.07, 6.45) is -5.19. The van der Waals surface area contributed by atoms with Gasteiger partial charge < -0.3 is 19.6 Å². The molecule has 24 heavy (non-hydrogen) atoms. The van der Waals surface area contributed by atoms with Crippen molar-refractivity contribution in [3.8, 4) is 0 Å². The number of piperidine rings is 1. The highest BCUT2D eigenvalue weighted by atomic mass is 16.2. The van der Waals surface area contributed by atoms with Gasteiger partial charge in [0.1, 0.15) is 19.1 Å². The Labute approximate surface area is 164 Å². The van der Waals surface area contributed by atoms with Crippen LogP contribution in [0.1, 0.15) is 40.9 Å². The van der Waals surface area contributed by atoms with Crippen molar-refractivity contribution in [3.63, 3.8) is 0 Å². The Morgan fingerprint density at radius 1 is 1.75 bits per heavy atom. The molecular formula is C17H22N6O. The topological polar surface area (TPSA) is 69.5 Å². The molecule has 0 bridgehead atoms. The number of H-pyrrole nitrogens is 1. The zero-order valence-electron chi connectivity index (χ0n) is 28.4. The van der Waals surface area contributed by atoms with Crippen molar-refractivity contribution in [2.24, 2.45) is 5.89 Å². The van der Waals surface area contributed by atoms with Crippen molar-refractivity contribution in [3.05, 3.63) is 29.5 Å². The molecule has 1 saturated heterocycles.